The summed E-state index contributed by atoms with van der Waals surface area (Å²) in [6.07, 6.45) is 3.53. The van der Waals surface area contributed by atoms with E-state index in [0.717, 1.165) is 0 Å². The quantitative estimate of drug-likeness (QED) is 0.462. The smallest absolute Gasteiger partial charge is 0.192 e. The fourth-order valence-corrected chi connectivity index (χ4v) is 2.13. The van der Waals surface area contributed by atoms with Crippen molar-refractivity contribution in [2.75, 3.05) is 13.2 Å². The van der Waals surface area contributed by atoms with Gasteiger partial charge in [-0.25, -0.2) is 0 Å². The Morgan fingerprint density at radius 3 is 2.37 bits per heavy atom. The first-order chi connectivity index (χ1) is 8.65. The number of hydrogen-bond donors (Lipinski definition) is 1. The maximum atomic E-state index is 10.1. The van der Waals surface area contributed by atoms with Crippen molar-refractivity contribution in [2.45, 2.75) is 51.9 Å². The molecule has 110 valence electrons. The van der Waals surface area contributed by atoms with Gasteiger partial charge in [0.1, 0.15) is 6.11 Å². The van der Waals surface area contributed by atoms with Crippen LogP contribution in [0.3, 0.4) is 0 Å². The first-order valence-electron chi connectivity index (χ1n) is 6.72. The van der Waals surface area contributed by atoms with E-state index in [1.807, 2.05) is 6.92 Å². The zero-order chi connectivity index (χ0) is 15.1. The standard InChI is InChI=1S/C15H28O3Si/c1-8-13(10-11-17-9-2)14(16)12-18-19(6,7)15(3,4)5/h8,13-14,16H,1,9,12H2,2-7H3/t13-,14-/m0/s1. The van der Waals surface area contributed by atoms with Crippen LogP contribution in [0.5, 0.6) is 0 Å². The predicted molar refractivity (Wildman–Crippen MR) is 82.2 cm³/mol. The molecule has 19 heavy (non-hydrogen) atoms. The van der Waals surface area contributed by atoms with Crippen LogP contribution in [0.25, 0.3) is 0 Å². The van der Waals surface area contributed by atoms with Crippen molar-refractivity contribution < 1.29 is 14.3 Å². The molecule has 0 unspecified atom stereocenters. The third-order valence-electron chi connectivity index (χ3n) is 3.53. The molecular formula is C15H28O3Si. The van der Waals surface area contributed by atoms with Gasteiger partial charge in [0.05, 0.1) is 25.2 Å². The lowest BCUT2D eigenvalue weighted by Gasteiger charge is -2.37. The zero-order valence-electron chi connectivity index (χ0n) is 13.1. The van der Waals surface area contributed by atoms with Crippen LogP contribution in [0, 0.1) is 17.9 Å². The van der Waals surface area contributed by atoms with Gasteiger partial charge < -0.3 is 14.3 Å². The summed E-state index contributed by atoms with van der Waals surface area (Å²) in [5.41, 5.74) is 0. The Labute approximate surface area is 119 Å². The van der Waals surface area contributed by atoms with E-state index in [9.17, 15) is 5.11 Å². The Morgan fingerprint density at radius 2 is 1.95 bits per heavy atom. The first kappa shape index (κ1) is 18.2. The first-order valence-corrected chi connectivity index (χ1v) is 9.63. The molecule has 0 aromatic rings. The Balaban J connectivity index is 4.49. The molecule has 0 amide bonds. The van der Waals surface area contributed by atoms with Gasteiger partial charge in [-0.05, 0) is 31.0 Å². The molecule has 1 N–H and O–H groups in total. The maximum absolute atomic E-state index is 10.1. The van der Waals surface area contributed by atoms with Gasteiger partial charge in [0.2, 0.25) is 0 Å². The fourth-order valence-electron chi connectivity index (χ4n) is 1.11. The molecule has 3 nitrogen and oxygen atoms in total. The third-order valence-corrected chi connectivity index (χ3v) is 8.03. The van der Waals surface area contributed by atoms with E-state index in [2.05, 4.69) is 52.5 Å². The summed E-state index contributed by atoms with van der Waals surface area (Å²) in [7, 11) is -1.84. The largest absolute Gasteiger partial charge is 0.447 e. The minimum Gasteiger partial charge on any atom is -0.447 e. The van der Waals surface area contributed by atoms with Crippen molar-refractivity contribution in [3.63, 3.8) is 0 Å². The maximum Gasteiger partial charge on any atom is 0.192 e. The molecule has 4 heteroatoms. The van der Waals surface area contributed by atoms with Crippen molar-refractivity contribution in [3.05, 3.63) is 12.7 Å². The lowest BCUT2D eigenvalue weighted by molar-refractivity contribution is 0.0831. The molecule has 0 rings (SSSR count). The molecular weight excluding hydrogens is 256 g/mol. The summed E-state index contributed by atoms with van der Waals surface area (Å²) in [4.78, 5) is 0. The number of ether oxygens (including phenoxy) is 1. The van der Waals surface area contributed by atoms with Gasteiger partial charge in [-0.15, -0.1) is 6.58 Å². The topological polar surface area (TPSA) is 38.7 Å². The second-order valence-corrected chi connectivity index (χ2v) is 10.9. The molecule has 0 saturated heterocycles. The van der Waals surface area contributed by atoms with Crippen LogP contribution in [-0.2, 0) is 9.16 Å². The lowest BCUT2D eigenvalue weighted by Crippen LogP contribution is -2.43. The average Bonchev–Trinajstić information content (AvgIpc) is 2.30. The molecule has 0 bridgehead atoms. The van der Waals surface area contributed by atoms with Crippen LogP contribution < -0.4 is 0 Å². The van der Waals surface area contributed by atoms with E-state index in [1.165, 1.54) is 0 Å². The van der Waals surface area contributed by atoms with Gasteiger partial charge in [-0.3, -0.25) is 0 Å². The van der Waals surface area contributed by atoms with E-state index >= 15 is 0 Å². The van der Waals surface area contributed by atoms with Gasteiger partial charge in [-0.2, -0.15) is 0 Å². The van der Waals surface area contributed by atoms with Crippen LogP contribution in [0.2, 0.25) is 18.1 Å². The SMILES string of the molecule is C=C[C@@H](C#COCC)[C@@H](O)CO[Si](C)(C)C(C)(C)C. The molecule has 0 aromatic carbocycles. The Hall–Kier alpha value is -0.763. The molecule has 0 heterocycles. The minimum absolute atomic E-state index is 0.132. The monoisotopic (exact) mass is 284 g/mol. The Bertz CT molecular complexity index is 334. The van der Waals surface area contributed by atoms with Gasteiger partial charge in [0.15, 0.2) is 8.32 Å². The fraction of sp³-hybridized carbons (Fsp3) is 0.733. The zero-order valence-corrected chi connectivity index (χ0v) is 14.1. The molecule has 0 saturated carbocycles. The normalized spacial score (nSPS) is 15.1. The van der Waals surface area contributed by atoms with Gasteiger partial charge in [0, 0.05) is 0 Å². The molecule has 0 fully saturated rings. The molecule has 0 spiro atoms. The van der Waals surface area contributed by atoms with Gasteiger partial charge in [-0.1, -0.05) is 26.8 Å². The summed E-state index contributed by atoms with van der Waals surface area (Å²) in [5, 5.41) is 10.2. The highest BCUT2D eigenvalue weighted by Gasteiger charge is 2.37. The lowest BCUT2D eigenvalue weighted by atomic mass is 10.1. The molecule has 0 aliphatic carbocycles. The van der Waals surface area contributed by atoms with Crippen LogP contribution in [0.1, 0.15) is 27.7 Å². The molecule has 0 aromatic heterocycles. The van der Waals surface area contributed by atoms with E-state index < -0.39 is 14.4 Å². The molecule has 0 aliphatic rings. The Kier molecular flexibility index (Phi) is 7.43. The average molecular weight is 284 g/mol. The van der Waals surface area contributed by atoms with Gasteiger partial charge in [0.25, 0.3) is 0 Å². The summed E-state index contributed by atoms with van der Waals surface area (Å²) >= 11 is 0. The third kappa shape index (κ3) is 6.28. The Morgan fingerprint density at radius 1 is 1.37 bits per heavy atom. The number of aliphatic hydroxyl groups excluding tert-OH is 1. The second kappa shape index (κ2) is 7.74. The van der Waals surface area contributed by atoms with Crippen molar-refractivity contribution in [1.29, 1.82) is 0 Å². The van der Waals surface area contributed by atoms with Crippen LogP contribution in [0.4, 0.5) is 0 Å². The summed E-state index contributed by atoms with van der Waals surface area (Å²) in [6, 6.07) is 0. The van der Waals surface area contributed by atoms with Gasteiger partial charge >= 0.3 is 0 Å². The molecule has 2 atom stereocenters. The predicted octanol–water partition coefficient (Wildman–Crippen LogP) is 3.17. The van der Waals surface area contributed by atoms with Crippen molar-refractivity contribution in [3.8, 4) is 12.0 Å². The van der Waals surface area contributed by atoms with E-state index in [-0.39, 0.29) is 17.6 Å². The highest BCUT2D eigenvalue weighted by Crippen LogP contribution is 2.36. The summed E-state index contributed by atoms with van der Waals surface area (Å²) in [5.74, 6) is 2.52. The molecule has 0 radical (unpaired) electrons. The highest BCUT2D eigenvalue weighted by molar-refractivity contribution is 6.74. The summed E-state index contributed by atoms with van der Waals surface area (Å²) < 4.78 is 10.9. The summed E-state index contributed by atoms with van der Waals surface area (Å²) in [6.45, 7) is 17.2. The van der Waals surface area contributed by atoms with Crippen molar-refractivity contribution >= 4 is 8.32 Å². The van der Waals surface area contributed by atoms with E-state index in [0.29, 0.717) is 6.61 Å². The van der Waals surface area contributed by atoms with E-state index in [1.54, 1.807) is 6.08 Å². The van der Waals surface area contributed by atoms with Crippen LogP contribution in [-0.4, -0.2) is 32.7 Å². The second-order valence-electron chi connectivity index (χ2n) is 6.08. The van der Waals surface area contributed by atoms with E-state index in [4.69, 9.17) is 9.16 Å². The number of hydrogen-bond acceptors (Lipinski definition) is 3. The molecule has 0 aliphatic heterocycles. The van der Waals surface area contributed by atoms with Crippen molar-refractivity contribution in [2.24, 2.45) is 5.92 Å². The van der Waals surface area contributed by atoms with Crippen molar-refractivity contribution in [1.82, 2.24) is 0 Å². The highest BCUT2D eigenvalue weighted by atomic mass is 28.4. The number of aliphatic hydroxyl groups is 1. The van der Waals surface area contributed by atoms with Crippen LogP contribution >= 0.6 is 0 Å². The number of rotatable bonds is 6. The minimum atomic E-state index is -1.84. The van der Waals surface area contributed by atoms with Crippen LogP contribution in [0.15, 0.2) is 12.7 Å².